The van der Waals surface area contributed by atoms with Crippen molar-refractivity contribution in [2.24, 2.45) is 5.73 Å². The number of nitrogens with one attached hydrogen (secondary N) is 1. The van der Waals surface area contributed by atoms with Gasteiger partial charge in [-0.3, -0.25) is 4.79 Å². The van der Waals surface area contributed by atoms with Gasteiger partial charge in [0, 0.05) is 11.7 Å². The van der Waals surface area contributed by atoms with E-state index in [1.807, 2.05) is 19.1 Å². The fraction of sp³-hybridized carbons (Fsp3) is 0.188. The highest BCUT2D eigenvalue weighted by Gasteiger charge is 2.08. The van der Waals surface area contributed by atoms with Crippen molar-refractivity contribution < 1.29 is 9.18 Å². The fourth-order valence-electron chi connectivity index (χ4n) is 1.89. The zero-order valence-electron chi connectivity index (χ0n) is 11.3. The number of anilines is 1. The Kier molecular flexibility index (Phi) is 4.48. The van der Waals surface area contributed by atoms with Crippen LogP contribution in [0.2, 0.25) is 0 Å². The molecule has 2 rings (SSSR count). The standard InChI is InChI=1S/C16H17FN2O/c1-11(18)12-6-8-14(9-7-12)19-16(20)10-13-4-2-3-5-15(13)17/h2-9,11H,10,18H2,1H3,(H,19,20). The van der Waals surface area contributed by atoms with Gasteiger partial charge in [-0.2, -0.15) is 0 Å². The normalized spacial score (nSPS) is 11.9. The van der Waals surface area contributed by atoms with Gasteiger partial charge in [-0.05, 0) is 36.2 Å². The van der Waals surface area contributed by atoms with E-state index in [2.05, 4.69) is 5.32 Å². The lowest BCUT2D eigenvalue weighted by molar-refractivity contribution is -0.115. The van der Waals surface area contributed by atoms with Gasteiger partial charge in [0.2, 0.25) is 5.91 Å². The van der Waals surface area contributed by atoms with Crippen LogP contribution in [0.4, 0.5) is 10.1 Å². The molecule has 0 heterocycles. The molecular formula is C16H17FN2O. The summed E-state index contributed by atoms with van der Waals surface area (Å²) in [5.74, 6) is -0.612. The number of halogens is 1. The molecule has 0 radical (unpaired) electrons. The minimum atomic E-state index is -0.366. The maximum atomic E-state index is 13.4. The Morgan fingerprint density at radius 1 is 1.20 bits per heavy atom. The maximum Gasteiger partial charge on any atom is 0.228 e. The molecule has 0 aliphatic heterocycles. The molecular weight excluding hydrogens is 255 g/mol. The molecule has 0 spiro atoms. The lowest BCUT2D eigenvalue weighted by Crippen LogP contribution is -2.15. The minimum absolute atomic E-state index is 0.0156. The van der Waals surface area contributed by atoms with Crippen LogP contribution in [0.5, 0.6) is 0 Å². The van der Waals surface area contributed by atoms with Crippen LogP contribution in [0.1, 0.15) is 24.1 Å². The summed E-state index contributed by atoms with van der Waals surface area (Å²) in [7, 11) is 0. The van der Waals surface area contributed by atoms with E-state index in [9.17, 15) is 9.18 Å². The van der Waals surface area contributed by atoms with Crippen LogP contribution in [0.25, 0.3) is 0 Å². The third-order valence-electron chi connectivity index (χ3n) is 3.03. The SMILES string of the molecule is CC(N)c1ccc(NC(=O)Cc2ccccc2F)cc1. The zero-order valence-corrected chi connectivity index (χ0v) is 11.3. The summed E-state index contributed by atoms with van der Waals surface area (Å²) in [5, 5.41) is 2.74. The van der Waals surface area contributed by atoms with Crippen molar-refractivity contribution in [2.45, 2.75) is 19.4 Å². The molecule has 0 bridgehead atoms. The second-order valence-electron chi connectivity index (χ2n) is 4.73. The third kappa shape index (κ3) is 3.65. The minimum Gasteiger partial charge on any atom is -0.326 e. The molecule has 1 atom stereocenters. The van der Waals surface area contributed by atoms with Crippen LogP contribution in [-0.2, 0) is 11.2 Å². The lowest BCUT2D eigenvalue weighted by atomic mass is 10.1. The van der Waals surface area contributed by atoms with E-state index in [1.165, 1.54) is 6.07 Å². The van der Waals surface area contributed by atoms with Gasteiger partial charge < -0.3 is 11.1 Å². The predicted molar refractivity (Wildman–Crippen MR) is 77.8 cm³/mol. The number of hydrogen-bond donors (Lipinski definition) is 2. The van der Waals surface area contributed by atoms with Gasteiger partial charge in [0.15, 0.2) is 0 Å². The molecule has 1 amide bonds. The van der Waals surface area contributed by atoms with Crippen LogP contribution >= 0.6 is 0 Å². The van der Waals surface area contributed by atoms with Gasteiger partial charge in [-0.25, -0.2) is 4.39 Å². The van der Waals surface area contributed by atoms with Crippen LogP contribution < -0.4 is 11.1 Å². The Balaban J connectivity index is 1.99. The Morgan fingerprint density at radius 2 is 1.85 bits per heavy atom. The molecule has 0 aliphatic rings. The molecule has 0 fully saturated rings. The Hall–Kier alpha value is -2.20. The van der Waals surface area contributed by atoms with Crippen LogP contribution in [0.3, 0.4) is 0 Å². The molecule has 0 saturated heterocycles. The lowest BCUT2D eigenvalue weighted by Gasteiger charge is -2.09. The van der Waals surface area contributed by atoms with Gasteiger partial charge in [0.05, 0.1) is 6.42 Å². The van der Waals surface area contributed by atoms with Crippen molar-refractivity contribution in [3.8, 4) is 0 Å². The number of benzene rings is 2. The number of hydrogen-bond acceptors (Lipinski definition) is 2. The Labute approximate surface area is 117 Å². The van der Waals surface area contributed by atoms with Crippen molar-refractivity contribution in [3.05, 3.63) is 65.5 Å². The van der Waals surface area contributed by atoms with Crippen LogP contribution in [0.15, 0.2) is 48.5 Å². The molecule has 1 unspecified atom stereocenters. The van der Waals surface area contributed by atoms with Gasteiger partial charge in [0.1, 0.15) is 5.82 Å². The van der Waals surface area contributed by atoms with Gasteiger partial charge in [-0.15, -0.1) is 0 Å². The summed E-state index contributed by atoms with van der Waals surface area (Å²) >= 11 is 0. The first kappa shape index (κ1) is 14.2. The zero-order chi connectivity index (χ0) is 14.5. The topological polar surface area (TPSA) is 55.1 Å². The number of carbonyl (C=O) groups is 1. The molecule has 0 aromatic heterocycles. The van der Waals surface area contributed by atoms with Gasteiger partial charge in [-0.1, -0.05) is 30.3 Å². The molecule has 3 N–H and O–H groups in total. The van der Waals surface area contributed by atoms with E-state index in [-0.39, 0.29) is 24.2 Å². The second kappa shape index (κ2) is 6.30. The van der Waals surface area contributed by atoms with Crippen LogP contribution in [0, 0.1) is 5.82 Å². The predicted octanol–water partition coefficient (Wildman–Crippen LogP) is 3.03. The highest BCUT2D eigenvalue weighted by atomic mass is 19.1. The maximum absolute atomic E-state index is 13.4. The van der Waals surface area contributed by atoms with Crippen molar-refractivity contribution in [3.63, 3.8) is 0 Å². The van der Waals surface area contributed by atoms with Crippen molar-refractivity contribution in [1.29, 1.82) is 0 Å². The largest absolute Gasteiger partial charge is 0.326 e. The summed E-state index contributed by atoms with van der Waals surface area (Å²) in [5.41, 5.74) is 7.82. The smallest absolute Gasteiger partial charge is 0.228 e. The first-order valence-corrected chi connectivity index (χ1v) is 6.45. The summed E-state index contributed by atoms with van der Waals surface area (Å²) in [6.07, 6.45) is 0.0156. The van der Waals surface area contributed by atoms with E-state index in [4.69, 9.17) is 5.73 Å². The summed E-state index contributed by atoms with van der Waals surface area (Å²) in [4.78, 5) is 11.9. The van der Waals surface area contributed by atoms with E-state index in [1.54, 1.807) is 30.3 Å². The Morgan fingerprint density at radius 3 is 2.45 bits per heavy atom. The molecule has 2 aromatic rings. The van der Waals surface area contributed by atoms with Crippen molar-refractivity contribution in [1.82, 2.24) is 0 Å². The molecule has 0 aliphatic carbocycles. The molecule has 2 aromatic carbocycles. The second-order valence-corrected chi connectivity index (χ2v) is 4.73. The van der Waals surface area contributed by atoms with Gasteiger partial charge in [0.25, 0.3) is 0 Å². The van der Waals surface area contributed by atoms with E-state index < -0.39 is 0 Å². The quantitative estimate of drug-likeness (QED) is 0.898. The summed E-state index contributed by atoms with van der Waals surface area (Å²) in [6.45, 7) is 1.89. The summed E-state index contributed by atoms with van der Waals surface area (Å²) in [6, 6.07) is 13.5. The van der Waals surface area contributed by atoms with Crippen LogP contribution in [-0.4, -0.2) is 5.91 Å². The number of carbonyl (C=O) groups excluding carboxylic acids is 1. The van der Waals surface area contributed by atoms with E-state index in [0.717, 1.165) is 5.56 Å². The Bertz CT molecular complexity index is 594. The monoisotopic (exact) mass is 272 g/mol. The number of nitrogens with two attached hydrogens (primary N) is 1. The highest BCUT2D eigenvalue weighted by molar-refractivity contribution is 5.92. The average molecular weight is 272 g/mol. The number of rotatable bonds is 4. The third-order valence-corrected chi connectivity index (χ3v) is 3.03. The number of amides is 1. The fourth-order valence-corrected chi connectivity index (χ4v) is 1.89. The first-order valence-electron chi connectivity index (χ1n) is 6.45. The first-order chi connectivity index (χ1) is 9.56. The molecule has 0 saturated carbocycles. The molecule has 20 heavy (non-hydrogen) atoms. The van der Waals surface area contributed by atoms with E-state index >= 15 is 0 Å². The molecule has 4 heteroatoms. The van der Waals surface area contributed by atoms with Crippen molar-refractivity contribution >= 4 is 11.6 Å². The van der Waals surface area contributed by atoms with E-state index in [0.29, 0.717) is 11.3 Å². The van der Waals surface area contributed by atoms with Gasteiger partial charge >= 0.3 is 0 Å². The summed E-state index contributed by atoms with van der Waals surface area (Å²) < 4.78 is 13.4. The average Bonchev–Trinajstić information content (AvgIpc) is 2.42. The van der Waals surface area contributed by atoms with Crippen molar-refractivity contribution in [2.75, 3.05) is 5.32 Å². The molecule has 104 valence electrons. The highest BCUT2D eigenvalue weighted by Crippen LogP contribution is 2.15. The molecule has 3 nitrogen and oxygen atoms in total.